The van der Waals surface area contributed by atoms with E-state index in [1.807, 2.05) is 0 Å². The van der Waals surface area contributed by atoms with Gasteiger partial charge in [-0.05, 0) is 32.0 Å². The van der Waals surface area contributed by atoms with Crippen LogP contribution in [-0.4, -0.2) is 33.6 Å². The van der Waals surface area contributed by atoms with E-state index in [1.165, 1.54) is 13.8 Å². The molecule has 1 aliphatic rings. The van der Waals surface area contributed by atoms with Gasteiger partial charge in [0.1, 0.15) is 11.9 Å². The highest BCUT2D eigenvalue weighted by Gasteiger charge is 2.44. The van der Waals surface area contributed by atoms with Gasteiger partial charge >= 0.3 is 18.3 Å². The van der Waals surface area contributed by atoms with Crippen molar-refractivity contribution in [2.45, 2.75) is 26.1 Å². The molecule has 26 heavy (non-hydrogen) atoms. The van der Waals surface area contributed by atoms with Crippen molar-refractivity contribution in [1.82, 2.24) is 9.80 Å². The minimum atomic E-state index is -4.81. The Balaban J connectivity index is 2.79. The summed E-state index contributed by atoms with van der Waals surface area (Å²) in [5, 5.41) is 18.8. The van der Waals surface area contributed by atoms with Crippen molar-refractivity contribution in [1.29, 1.82) is 5.26 Å². The van der Waals surface area contributed by atoms with Crippen LogP contribution in [0.3, 0.4) is 0 Å². The molecule has 0 radical (unpaired) electrons. The van der Waals surface area contributed by atoms with Crippen molar-refractivity contribution in [3.63, 3.8) is 0 Å². The number of hydrogen-bond acceptors (Lipinski definition) is 3. The van der Waals surface area contributed by atoms with E-state index in [0.717, 1.165) is 4.90 Å². The highest BCUT2D eigenvalue weighted by atomic mass is 19.4. The smallest absolute Gasteiger partial charge is 0.416 e. The number of nitriles is 1. The maximum atomic E-state index is 14.3. The van der Waals surface area contributed by atoms with Crippen LogP contribution >= 0.6 is 0 Å². The van der Waals surface area contributed by atoms with Gasteiger partial charge in [0.05, 0.1) is 17.2 Å². The minimum Gasteiger partial charge on any atom is -0.465 e. The predicted octanol–water partition coefficient (Wildman–Crippen LogP) is 4.12. The van der Waals surface area contributed by atoms with Gasteiger partial charge in [-0.1, -0.05) is 0 Å². The van der Waals surface area contributed by atoms with Crippen molar-refractivity contribution in [2.24, 2.45) is 0 Å². The van der Waals surface area contributed by atoms with Crippen LogP contribution in [0.1, 0.15) is 31.0 Å². The van der Waals surface area contributed by atoms with Gasteiger partial charge in [0.2, 0.25) is 0 Å². The number of halogens is 4. The molecule has 1 unspecified atom stereocenters. The average Bonchev–Trinajstić information content (AvgIpc) is 2.53. The van der Waals surface area contributed by atoms with Crippen LogP contribution in [-0.2, 0) is 6.18 Å². The molecule has 138 valence electrons. The molecule has 1 N–H and O–H groups in total. The summed E-state index contributed by atoms with van der Waals surface area (Å²) in [6.07, 6.45) is -6.62. The fourth-order valence-electron chi connectivity index (χ4n) is 2.79. The van der Waals surface area contributed by atoms with Gasteiger partial charge in [-0.2, -0.15) is 18.4 Å². The third-order valence-electron chi connectivity index (χ3n) is 4.02. The lowest BCUT2D eigenvalue weighted by Crippen LogP contribution is -2.51. The third-order valence-corrected chi connectivity index (χ3v) is 4.02. The Bertz CT molecular complexity index is 842. The Kier molecular flexibility index (Phi) is 4.93. The van der Waals surface area contributed by atoms with Crippen molar-refractivity contribution < 1.29 is 32.3 Å². The van der Waals surface area contributed by atoms with Crippen molar-refractivity contribution in [2.75, 3.05) is 6.54 Å². The Morgan fingerprint density at radius 1 is 1.38 bits per heavy atom. The van der Waals surface area contributed by atoms with E-state index in [9.17, 15) is 37.5 Å². The molecule has 2 rings (SSSR count). The van der Waals surface area contributed by atoms with E-state index in [-0.39, 0.29) is 22.7 Å². The van der Waals surface area contributed by atoms with Gasteiger partial charge in [-0.15, -0.1) is 0 Å². The first kappa shape index (κ1) is 19.2. The molecule has 1 atom stereocenters. The molecule has 0 aliphatic carbocycles. The minimum absolute atomic E-state index is 0.0252. The van der Waals surface area contributed by atoms with E-state index in [0.29, 0.717) is 18.2 Å². The molecule has 3 amide bonds. The number of hydrogen-bond donors (Lipinski definition) is 1. The summed E-state index contributed by atoms with van der Waals surface area (Å²) >= 11 is 0. The topological polar surface area (TPSA) is 84.6 Å². The number of benzene rings is 1. The number of allylic oxidation sites excluding steroid dienone is 1. The van der Waals surface area contributed by atoms with Gasteiger partial charge in [-0.25, -0.2) is 18.9 Å². The van der Waals surface area contributed by atoms with E-state index in [4.69, 9.17) is 0 Å². The van der Waals surface area contributed by atoms with E-state index < -0.39 is 41.3 Å². The predicted molar refractivity (Wildman–Crippen MR) is 80.1 cm³/mol. The molecule has 0 saturated heterocycles. The first-order chi connectivity index (χ1) is 12.0. The highest BCUT2D eigenvalue weighted by molar-refractivity contribution is 5.93. The zero-order chi connectivity index (χ0) is 19.8. The van der Waals surface area contributed by atoms with Crippen LogP contribution in [0.5, 0.6) is 0 Å². The Hall–Kier alpha value is -3.09. The Morgan fingerprint density at radius 2 is 2.00 bits per heavy atom. The van der Waals surface area contributed by atoms with E-state index in [2.05, 4.69) is 0 Å². The van der Waals surface area contributed by atoms with Crippen molar-refractivity contribution >= 4 is 12.1 Å². The van der Waals surface area contributed by atoms with Crippen LogP contribution < -0.4 is 0 Å². The number of imide groups is 1. The number of rotatable bonds is 2. The van der Waals surface area contributed by atoms with Crippen LogP contribution in [0.2, 0.25) is 0 Å². The first-order valence-corrected chi connectivity index (χ1v) is 7.35. The molecule has 0 aromatic heterocycles. The first-order valence-electron chi connectivity index (χ1n) is 7.35. The third kappa shape index (κ3) is 3.08. The second-order valence-corrected chi connectivity index (χ2v) is 5.43. The molecule has 1 aliphatic heterocycles. The number of urea groups is 1. The van der Waals surface area contributed by atoms with Crippen LogP contribution in [0.15, 0.2) is 29.5 Å². The molecule has 6 nitrogen and oxygen atoms in total. The summed E-state index contributed by atoms with van der Waals surface area (Å²) in [6.45, 7) is 2.90. The molecule has 1 aromatic rings. The molecule has 10 heteroatoms. The zero-order valence-electron chi connectivity index (χ0n) is 13.6. The molecule has 0 spiro atoms. The van der Waals surface area contributed by atoms with E-state index in [1.54, 1.807) is 6.07 Å². The lowest BCUT2D eigenvalue weighted by atomic mass is 9.92. The maximum absolute atomic E-state index is 14.3. The molecular weight excluding hydrogens is 358 g/mol. The summed E-state index contributed by atoms with van der Waals surface area (Å²) in [7, 11) is 0. The molecular formula is C16H13F4N3O3. The monoisotopic (exact) mass is 371 g/mol. The number of nitrogens with zero attached hydrogens (tertiary/aromatic N) is 3. The maximum Gasteiger partial charge on any atom is 0.416 e. The summed E-state index contributed by atoms with van der Waals surface area (Å²) in [5.74, 6) is -1.16. The second-order valence-electron chi connectivity index (χ2n) is 5.43. The fourth-order valence-corrected chi connectivity index (χ4v) is 2.79. The summed E-state index contributed by atoms with van der Waals surface area (Å²) < 4.78 is 53.2. The Labute approximate surface area is 145 Å². The van der Waals surface area contributed by atoms with Gasteiger partial charge in [0.25, 0.3) is 0 Å². The largest absolute Gasteiger partial charge is 0.465 e. The quantitative estimate of drug-likeness (QED) is 0.793. The van der Waals surface area contributed by atoms with Gasteiger partial charge in [0, 0.05) is 17.8 Å². The lowest BCUT2D eigenvalue weighted by molar-refractivity contribution is -0.137. The van der Waals surface area contributed by atoms with Crippen LogP contribution in [0, 0.1) is 17.1 Å². The molecule has 1 heterocycles. The van der Waals surface area contributed by atoms with E-state index >= 15 is 0 Å². The SMILES string of the molecule is CCN1C(=O)N(C(=O)O)C(c2cc(C(F)(F)F)ccc2F)C(C#N)=C1C. The standard InChI is InChI=1S/C16H13F4N3O3/c1-3-22-8(2)11(7-21)13(23(14(22)24)15(25)26)10-6-9(16(18,19)20)4-5-12(10)17/h4-6,13H,3H2,1-2H3,(H,25,26). The van der Waals surface area contributed by atoms with Crippen molar-refractivity contribution in [3.05, 3.63) is 46.4 Å². The number of carbonyl (C=O) groups is 2. The summed E-state index contributed by atoms with van der Waals surface area (Å²) in [5.41, 5.74) is -2.21. The van der Waals surface area contributed by atoms with Gasteiger partial charge in [-0.3, -0.25) is 4.90 Å². The van der Waals surface area contributed by atoms with Crippen molar-refractivity contribution in [3.8, 4) is 6.07 Å². The summed E-state index contributed by atoms with van der Waals surface area (Å²) in [6, 6.07) is 0.244. The lowest BCUT2D eigenvalue weighted by Gasteiger charge is -2.38. The zero-order valence-corrected chi connectivity index (χ0v) is 13.6. The summed E-state index contributed by atoms with van der Waals surface area (Å²) in [4.78, 5) is 25.1. The highest BCUT2D eigenvalue weighted by Crippen LogP contribution is 2.40. The second kappa shape index (κ2) is 6.67. The number of carbonyl (C=O) groups excluding carboxylic acids is 1. The Morgan fingerprint density at radius 3 is 2.46 bits per heavy atom. The molecule has 0 fully saturated rings. The number of alkyl halides is 3. The number of amides is 3. The van der Waals surface area contributed by atoms with Gasteiger partial charge in [0.15, 0.2) is 0 Å². The number of carboxylic acid groups (broad SMARTS) is 1. The van der Waals surface area contributed by atoms with Crippen LogP contribution in [0.25, 0.3) is 0 Å². The van der Waals surface area contributed by atoms with Gasteiger partial charge < -0.3 is 5.11 Å². The normalized spacial score (nSPS) is 18.2. The fraction of sp³-hybridized carbons (Fsp3) is 0.312. The van der Waals surface area contributed by atoms with Crippen LogP contribution in [0.4, 0.5) is 27.2 Å². The molecule has 1 aromatic carbocycles. The molecule has 0 bridgehead atoms. The average molecular weight is 371 g/mol. The molecule has 0 saturated carbocycles.